The van der Waals surface area contributed by atoms with Crippen molar-refractivity contribution < 1.29 is 0 Å². The SMILES string of the molecule is CC/C=C(/CC(C)(C#N)C1CC1)N1CCc2ccc(C(/C=C(\C)N3CCN(C)CC3)=N/C(C)N)cc2C1. The Bertz CT molecular complexity index is 1080. The number of nitriles is 1. The van der Waals surface area contributed by atoms with Crippen LogP contribution in [-0.2, 0) is 13.0 Å². The van der Waals surface area contributed by atoms with E-state index in [2.05, 4.69) is 78.9 Å². The number of allylic oxidation sites excluding steroid dienone is 4. The van der Waals surface area contributed by atoms with E-state index >= 15 is 0 Å². The van der Waals surface area contributed by atoms with Gasteiger partial charge in [0.1, 0.15) is 0 Å². The standard InChI is InChI=1S/C31H46N6/c1-6-7-29(20-31(4,22-32)28-10-11-28)37-13-12-25-8-9-26(19-27(25)21-37)30(34-24(3)33)18-23(2)36-16-14-35(5)15-17-36/h7-9,18-19,24,28H,6,10-17,20-21,33H2,1-5H3/b23-18+,29-7-,34-30+. The van der Waals surface area contributed by atoms with E-state index in [1.807, 2.05) is 6.92 Å². The Hall–Kier alpha value is -2.62. The molecule has 2 atom stereocenters. The number of hydrogen-bond acceptors (Lipinski definition) is 6. The van der Waals surface area contributed by atoms with Crippen LogP contribution < -0.4 is 5.73 Å². The molecule has 1 saturated carbocycles. The molecule has 0 amide bonds. The Labute approximate surface area is 224 Å². The van der Waals surface area contributed by atoms with Gasteiger partial charge in [-0.25, -0.2) is 0 Å². The number of aliphatic imine (C=N–C) groups is 1. The topological polar surface area (TPSA) is 71.9 Å². The molecule has 2 heterocycles. The van der Waals surface area contributed by atoms with Crippen molar-refractivity contribution in [3.05, 3.63) is 58.4 Å². The maximum atomic E-state index is 9.99. The molecule has 1 aliphatic carbocycles. The van der Waals surface area contributed by atoms with Gasteiger partial charge in [-0.2, -0.15) is 5.26 Å². The second-order valence-electron chi connectivity index (χ2n) is 11.6. The number of likely N-dealkylation sites (N-methyl/N-ethyl adjacent to an activating group) is 1. The molecule has 2 unspecified atom stereocenters. The van der Waals surface area contributed by atoms with Crippen LogP contribution in [0.25, 0.3) is 0 Å². The minimum atomic E-state index is -0.260. The summed E-state index contributed by atoms with van der Waals surface area (Å²) in [5.41, 5.74) is 13.4. The molecular formula is C31H46N6. The van der Waals surface area contributed by atoms with Gasteiger partial charge < -0.3 is 20.4 Å². The van der Waals surface area contributed by atoms with Crippen LogP contribution in [0.2, 0.25) is 0 Å². The van der Waals surface area contributed by atoms with E-state index in [1.165, 1.54) is 35.4 Å². The number of piperazine rings is 1. The summed E-state index contributed by atoms with van der Waals surface area (Å²) in [6, 6.07) is 9.49. The lowest BCUT2D eigenvalue weighted by molar-refractivity contribution is 0.187. The zero-order valence-corrected chi connectivity index (χ0v) is 23.6. The van der Waals surface area contributed by atoms with Crippen LogP contribution in [0.4, 0.5) is 0 Å². The summed E-state index contributed by atoms with van der Waals surface area (Å²) in [6.07, 6.45) is 9.55. The molecule has 200 valence electrons. The van der Waals surface area contributed by atoms with E-state index in [0.717, 1.165) is 69.8 Å². The Morgan fingerprint density at radius 2 is 1.92 bits per heavy atom. The molecule has 1 saturated heterocycles. The number of benzene rings is 1. The normalized spacial score (nSPS) is 22.4. The third kappa shape index (κ3) is 6.83. The molecule has 1 aromatic rings. The van der Waals surface area contributed by atoms with Crippen molar-refractivity contribution in [2.75, 3.05) is 39.8 Å². The Balaban J connectivity index is 1.57. The number of nitrogens with two attached hydrogens (primary N) is 1. The molecule has 4 rings (SSSR count). The van der Waals surface area contributed by atoms with Crippen LogP contribution in [0.1, 0.15) is 70.1 Å². The van der Waals surface area contributed by atoms with Gasteiger partial charge in [-0.05, 0) is 82.7 Å². The zero-order valence-electron chi connectivity index (χ0n) is 23.6. The average molecular weight is 503 g/mol. The number of hydrogen-bond donors (Lipinski definition) is 1. The van der Waals surface area contributed by atoms with Gasteiger partial charge in [0.15, 0.2) is 0 Å². The minimum Gasteiger partial charge on any atom is -0.372 e. The first kappa shape index (κ1) is 27.4. The Morgan fingerprint density at radius 1 is 1.19 bits per heavy atom. The van der Waals surface area contributed by atoms with Gasteiger partial charge in [0.05, 0.1) is 23.4 Å². The molecule has 6 heteroatoms. The van der Waals surface area contributed by atoms with Crippen LogP contribution in [0.15, 0.2) is 46.7 Å². The van der Waals surface area contributed by atoms with Crippen molar-refractivity contribution in [1.82, 2.24) is 14.7 Å². The van der Waals surface area contributed by atoms with E-state index in [9.17, 15) is 5.26 Å². The number of nitrogens with zero attached hydrogens (tertiary/aromatic N) is 5. The van der Waals surface area contributed by atoms with Crippen molar-refractivity contribution in [3.8, 4) is 6.07 Å². The fourth-order valence-corrected chi connectivity index (χ4v) is 5.74. The third-order valence-electron chi connectivity index (χ3n) is 8.33. The van der Waals surface area contributed by atoms with Crippen molar-refractivity contribution >= 4 is 5.71 Å². The van der Waals surface area contributed by atoms with E-state index in [-0.39, 0.29) is 11.6 Å². The Kier molecular flexibility index (Phi) is 8.77. The van der Waals surface area contributed by atoms with Gasteiger partial charge >= 0.3 is 0 Å². The van der Waals surface area contributed by atoms with E-state index in [1.54, 1.807) is 0 Å². The highest BCUT2D eigenvalue weighted by Gasteiger charge is 2.43. The molecular weight excluding hydrogens is 456 g/mol. The molecule has 2 fully saturated rings. The molecule has 0 aromatic heterocycles. The van der Waals surface area contributed by atoms with Crippen molar-refractivity contribution in [1.29, 1.82) is 5.26 Å². The molecule has 1 aromatic carbocycles. The lowest BCUT2D eigenvalue weighted by Crippen LogP contribution is -2.43. The largest absolute Gasteiger partial charge is 0.372 e. The number of rotatable bonds is 9. The molecule has 3 aliphatic rings. The molecule has 0 spiro atoms. The van der Waals surface area contributed by atoms with E-state index in [4.69, 9.17) is 10.7 Å². The summed E-state index contributed by atoms with van der Waals surface area (Å²) in [6.45, 7) is 14.6. The Morgan fingerprint density at radius 3 is 2.54 bits per heavy atom. The summed E-state index contributed by atoms with van der Waals surface area (Å²) in [4.78, 5) is 12.2. The van der Waals surface area contributed by atoms with Gasteiger partial charge in [-0.15, -0.1) is 0 Å². The van der Waals surface area contributed by atoms with Crippen LogP contribution in [0.3, 0.4) is 0 Å². The van der Waals surface area contributed by atoms with Crippen LogP contribution in [0, 0.1) is 22.7 Å². The lowest BCUT2D eigenvalue weighted by atomic mass is 9.81. The van der Waals surface area contributed by atoms with Gasteiger partial charge in [-0.1, -0.05) is 25.1 Å². The lowest BCUT2D eigenvalue weighted by Gasteiger charge is -2.36. The monoisotopic (exact) mass is 502 g/mol. The second-order valence-corrected chi connectivity index (χ2v) is 11.6. The highest BCUT2D eigenvalue weighted by Crippen LogP contribution is 2.49. The average Bonchev–Trinajstić information content (AvgIpc) is 3.74. The zero-order chi connectivity index (χ0) is 26.6. The maximum Gasteiger partial charge on any atom is 0.0948 e. The van der Waals surface area contributed by atoms with Gasteiger partial charge in [0, 0.05) is 62.6 Å². The first-order valence-corrected chi connectivity index (χ1v) is 14.1. The first-order valence-electron chi connectivity index (χ1n) is 14.1. The predicted molar refractivity (Wildman–Crippen MR) is 153 cm³/mol. The fraction of sp³-hybridized carbons (Fsp3) is 0.613. The maximum absolute atomic E-state index is 9.99. The van der Waals surface area contributed by atoms with E-state index in [0.29, 0.717) is 5.92 Å². The van der Waals surface area contributed by atoms with Gasteiger partial charge in [0.25, 0.3) is 0 Å². The molecule has 37 heavy (non-hydrogen) atoms. The third-order valence-corrected chi connectivity index (χ3v) is 8.33. The molecule has 0 radical (unpaired) electrons. The molecule has 2 N–H and O–H groups in total. The summed E-state index contributed by atoms with van der Waals surface area (Å²) in [5, 5.41) is 9.99. The van der Waals surface area contributed by atoms with Crippen molar-refractivity contribution in [2.45, 2.75) is 72.5 Å². The van der Waals surface area contributed by atoms with E-state index < -0.39 is 0 Å². The van der Waals surface area contributed by atoms with Crippen LogP contribution in [-0.4, -0.2) is 66.3 Å². The quantitative estimate of drug-likeness (QED) is 0.486. The van der Waals surface area contributed by atoms with Crippen LogP contribution >= 0.6 is 0 Å². The molecule has 2 aliphatic heterocycles. The summed E-state index contributed by atoms with van der Waals surface area (Å²) in [5.74, 6) is 0.550. The summed E-state index contributed by atoms with van der Waals surface area (Å²) < 4.78 is 0. The fourth-order valence-electron chi connectivity index (χ4n) is 5.74. The predicted octanol–water partition coefficient (Wildman–Crippen LogP) is 4.91. The van der Waals surface area contributed by atoms with Gasteiger partial charge in [0.2, 0.25) is 0 Å². The smallest absolute Gasteiger partial charge is 0.0948 e. The molecule has 6 nitrogen and oxygen atoms in total. The molecule has 0 bridgehead atoms. The number of fused-ring (bicyclic) bond motifs is 1. The summed E-state index contributed by atoms with van der Waals surface area (Å²) in [7, 11) is 2.18. The highest BCUT2D eigenvalue weighted by molar-refractivity contribution is 6.09. The van der Waals surface area contributed by atoms with Crippen molar-refractivity contribution in [2.24, 2.45) is 22.1 Å². The van der Waals surface area contributed by atoms with Gasteiger partial charge in [-0.3, -0.25) is 4.99 Å². The van der Waals surface area contributed by atoms with Crippen molar-refractivity contribution in [3.63, 3.8) is 0 Å². The summed E-state index contributed by atoms with van der Waals surface area (Å²) >= 11 is 0. The van der Waals surface area contributed by atoms with Crippen LogP contribution in [0.5, 0.6) is 0 Å². The highest BCUT2D eigenvalue weighted by atomic mass is 15.2. The second kappa shape index (κ2) is 11.8. The first-order chi connectivity index (χ1) is 17.7. The minimum absolute atomic E-state index is 0.258.